The van der Waals surface area contributed by atoms with Crippen molar-refractivity contribution in [3.05, 3.63) is 109 Å². The van der Waals surface area contributed by atoms with E-state index in [2.05, 4.69) is 0 Å². The average Bonchev–Trinajstić information content (AvgIpc) is 3.38. The molecular weight excluding hydrogens is 441 g/mol. The SMILES string of the molecule is N#CC(C(=O)c1ccccc1F)=c1sc(=Cc2ccco2)c(=O)n1-c1ccc(F)cc1F. The largest absolute Gasteiger partial charge is 0.465 e. The zero-order valence-electron chi connectivity index (χ0n) is 16.0. The predicted octanol–water partition coefficient (Wildman–Crippen LogP) is 3.30. The second kappa shape index (κ2) is 8.53. The molecule has 0 amide bonds. The monoisotopic (exact) mass is 452 g/mol. The summed E-state index contributed by atoms with van der Waals surface area (Å²) in [4.78, 5) is 26.1. The minimum absolute atomic E-state index is 0.0211. The van der Waals surface area contributed by atoms with E-state index in [4.69, 9.17) is 4.42 Å². The summed E-state index contributed by atoms with van der Waals surface area (Å²) in [5.41, 5.74) is -2.08. The number of carbonyl (C=O) groups is 1. The van der Waals surface area contributed by atoms with Gasteiger partial charge in [0.05, 0.1) is 22.0 Å². The van der Waals surface area contributed by atoms with E-state index in [1.54, 1.807) is 18.2 Å². The molecule has 0 spiro atoms. The molecule has 0 aliphatic rings. The maximum absolute atomic E-state index is 14.6. The van der Waals surface area contributed by atoms with Gasteiger partial charge in [-0.25, -0.2) is 13.2 Å². The third kappa shape index (κ3) is 3.79. The lowest BCUT2D eigenvalue weighted by molar-refractivity contribution is 0.105. The normalized spacial score (nSPS) is 12.5. The minimum Gasteiger partial charge on any atom is -0.465 e. The van der Waals surface area contributed by atoms with Crippen molar-refractivity contribution in [2.75, 3.05) is 0 Å². The van der Waals surface area contributed by atoms with Gasteiger partial charge < -0.3 is 4.42 Å². The van der Waals surface area contributed by atoms with Crippen molar-refractivity contribution in [3.8, 4) is 11.8 Å². The van der Waals surface area contributed by atoms with Crippen LogP contribution in [0.2, 0.25) is 0 Å². The van der Waals surface area contributed by atoms with Crippen molar-refractivity contribution in [1.29, 1.82) is 5.26 Å². The number of nitriles is 1. The van der Waals surface area contributed by atoms with E-state index < -0.39 is 34.4 Å². The van der Waals surface area contributed by atoms with Crippen molar-refractivity contribution >= 4 is 28.8 Å². The molecule has 0 radical (unpaired) electrons. The first-order chi connectivity index (χ1) is 15.4. The summed E-state index contributed by atoms with van der Waals surface area (Å²) in [7, 11) is 0. The Balaban J connectivity index is 2.11. The van der Waals surface area contributed by atoms with Crippen LogP contribution in [0.3, 0.4) is 0 Å². The number of furan rings is 1. The summed E-state index contributed by atoms with van der Waals surface area (Å²) in [6.07, 6.45) is 2.74. The van der Waals surface area contributed by atoms with Crippen LogP contribution in [0, 0.1) is 28.8 Å². The number of thiazole rings is 1. The highest BCUT2D eigenvalue weighted by atomic mass is 32.1. The van der Waals surface area contributed by atoms with E-state index in [0.717, 1.165) is 34.1 Å². The van der Waals surface area contributed by atoms with Gasteiger partial charge in [0.15, 0.2) is 0 Å². The third-order valence-electron chi connectivity index (χ3n) is 4.46. The van der Waals surface area contributed by atoms with E-state index in [9.17, 15) is 28.0 Å². The number of Topliss-reactive ketones (excluding diaryl/α,β-unsaturated/α-hetero) is 1. The molecule has 4 rings (SSSR count). The fourth-order valence-corrected chi connectivity index (χ4v) is 4.08. The van der Waals surface area contributed by atoms with Crippen LogP contribution < -0.4 is 14.8 Å². The number of carbonyl (C=O) groups excluding carboxylic acids is 1. The quantitative estimate of drug-likeness (QED) is 0.446. The molecule has 0 aliphatic heterocycles. The molecule has 4 aromatic rings. The Kier molecular flexibility index (Phi) is 5.62. The maximum atomic E-state index is 14.6. The summed E-state index contributed by atoms with van der Waals surface area (Å²) in [5, 5.41) is 9.72. The molecule has 32 heavy (non-hydrogen) atoms. The van der Waals surface area contributed by atoms with E-state index in [1.165, 1.54) is 30.5 Å². The second-order valence-corrected chi connectivity index (χ2v) is 7.49. The van der Waals surface area contributed by atoms with Gasteiger partial charge in [-0.3, -0.25) is 14.2 Å². The van der Waals surface area contributed by atoms with Gasteiger partial charge in [-0.1, -0.05) is 12.1 Å². The van der Waals surface area contributed by atoms with Gasteiger partial charge in [0, 0.05) is 12.1 Å². The summed E-state index contributed by atoms with van der Waals surface area (Å²) >= 11 is 0.725. The Bertz CT molecular complexity index is 1560. The number of hydrogen-bond acceptors (Lipinski definition) is 5. The van der Waals surface area contributed by atoms with Crippen LogP contribution >= 0.6 is 11.3 Å². The van der Waals surface area contributed by atoms with Crippen LogP contribution in [0.1, 0.15) is 16.1 Å². The number of rotatable bonds is 4. The van der Waals surface area contributed by atoms with E-state index >= 15 is 0 Å². The molecule has 0 bridgehead atoms. The fourth-order valence-electron chi connectivity index (χ4n) is 3.01. The van der Waals surface area contributed by atoms with Gasteiger partial charge >= 0.3 is 0 Å². The van der Waals surface area contributed by atoms with E-state index in [-0.39, 0.29) is 20.4 Å². The van der Waals surface area contributed by atoms with Gasteiger partial charge in [-0.2, -0.15) is 5.26 Å². The molecule has 5 nitrogen and oxygen atoms in total. The molecule has 0 atom stereocenters. The maximum Gasteiger partial charge on any atom is 0.273 e. The summed E-state index contributed by atoms with van der Waals surface area (Å²) < 4.78 is 48.0. The zero-order chi connectivity index (χ0) is 22.8. The van der Waals surface area contributed by atoms with Crippen LogP contribution in [0.4, 0.5) is 13.2 Å². The van der Waals surface area contributed by atoms with Crippen LogP contribution in [0.5, 0.6) is 0 Å². The van der Waals surface area contributed by atoms with Crippen LogP contribution in [0.15, 0.2) is 70.1 Å². The summed E-state index contributed by atoms with van der Waals surface area (Å²) in [6.45, 7) is 0. The highest BCUT2D eigenvalue weighted by Gasteiger charge is 2.22. The average molecular weight is 452 g/mol. The van der Waals surface area contributed by atoms with Gasteiger partial charge in [-0.05, 0) is 36.4 Å². The molecule has 158 valence electrons. The van der Waals surface area contributed by atoms with Gasteiger partial charge in [0.1, 0.15) is 39.5 Å². The number of benzene rings is 2. The first-order valence-electron chi connectivity index (χ1n) is 9.07. The molecule has 2 aromatic carbocycles. The number of halogens is 3. The van der Waals surface area contributed by atoms with Crippen molar-refractivity contribution in [1.82, 2.24) is 4.57 Å². The molecule has 0 saturated heterocycles. The Hall–Kier alpha value is -4.16. The predicted molar refractivity (Wildman–Crippen MR) is 111 cm³/mol. The molecule has 0 saturated carbocycles. The highest BCUT2D eigenvalue weighted by molar-refractivity contribution is 7.07. The number of nitrogens with zero attached hydrogens (tertiary/aromatic N) is 2. The molecule has 0 unspecified atom stereocenters. The molecular formula is C23H11F3N2O3S. The Morgan fingerprint density at radius 2 is 1.84 bits per heavy atom. The number of aromatic nitrogens is 1. The summed E-state index contributed by atoms with van der Waals surface area (Å²) in [6, 6.07) is 12.4. The van der Waals surface area contributed by atoms with Gasteiger partial charge in [0.25, 0.3) is 5.56 Å². The molecule has 0 fully saturated rings. The van der Waals surface area contributed by atoms with Gasteiger partial charge in [0.2, 0.25) is 5.78 Å². The molecule has 2 heterocycles. The van der Waals surface area contributed by atoms with Crippen LogP contribution in [0.25, 0.3) is 17.3 Å². The summed E-state index contributed by atoms with van der Waals surface area (Å²) in [5.74, 6) is -3.48. The Morgan fingerprint density at radius 1 is 1.06 bits per heavy atom. The third-order valence-corrected chi connectivity index (χ3v) is 5.55. The van der Waals surface area contributed by atoms with Crippen LogP contribution in [-0.4, -0.2) is 10.4 Å². The first kappa shape index (κ1) is 21.1. The first-order valence-corrected chi connectivity index (χ1v) is 9.88. The highest BCUT2D eigenvalue weighted by Crippen LogP contribution is 2.15. The minimum atomic E-state index is -1.08. The van der Waals surface area contributed by atoms with Crippen molar-refractivity contribution < 1.29 is 22.4 Å². The standard InChI is InChI=1S/C23H11F3N2O3S/c24-13-7-8-19(18(26)10-13)28-22(30)20(11-14-4-3-9-31-14)32-23(28)16(12-27)21(29)15-5-1-2-6-17(15)25/h1-11H. The van der Waals surface area contributed by atoms with E-state index in [0.29, 0.717) is 11.8 Å². The number of ketones is 1. The van der Waals surface area contributed by atoms with Crippen molar-refractivity contribution in [2.45, 2.75) is 0 Å². The smallest absolute Gasteiger partial charge is 0.273 e. The fraction of sp³-hybridized carbons (Fsp3) is 0. The topological polar surface area (TPSA) is 76.0 Å². The Morgan fingerprint density at radius 3 is 2.50 bits per heavy atom. The molecule has 0 N–H and O–H groups in total. The van der Waals surface area contributed by atoms with Crippen molar-refractivity contribution in [2.24, 2.45) is 0 Å². The Labute approximate surface area is 182 Å². The number of hydrogen-bond donors (Lipinski definition) is 0. The van der Waals surface area contributed by atoms with Crippen molar-refractivity contribution in [3.63, 3.8) is 0 Å². The molecule has 9 heteroatoms. The second-order valence-electron chi connectivity index (χ2n) is 6.46. The molecule has 0 aliphatic carbocycles. The van der Waals surface area contributed by atoms with Gasteiger partial charge in [-0.15, -0.1) is 11.3 Å². The van der Waals surface area contributed by atoms with Crippen LogP contribution in [-0.2, 0) is 0 Å². The molecule has 2 aromatic heterocycles. The lowest BCUT2D eigenvalue weighted by Gasteiger charge is -2.06. The lowest BCUT2D eigenvalue weighted by Crippen LogP contribution is -2.32. The zero-order valence-corrected chi connectivity index (χ0v) is 16.8. The lowest BCUT2D eigenvalue weighted by atomic mass is 10.0. The van der Waals surface area contributed by atoms with E-state index in [1.807, 2.05) is 0 Å².